The molecule has 0 spiro atoms. The van der Waals surface area contributed by atoms with E-state index in [1.165, 1.54) is 5.56 Å². The molecule has 2 rings (SSSR count). The number of amides is 1. The van der Waals surface area contributed by atoms with Gasteiger partial charge in [0.15, 0.2) is 0 Å². The highest BCUT2D eigenvalue weighted by Crippen LogP contribution is 2.35. The summed E-state index contributed by atoms with van der Waals surface area (Å²) in [5, 5.41) is 0. The van der Waals surface area contributed by atoms with Crippen LogP contribution in [0.1, 0.15) is 43.9 Å². The van der Waals surface area contributed by atoms with Gasteiger partial charge in [-0.1, -0.05) is 43.7 Å². The van der Waals surface area contributed by atoms with E-state index in [-0.39, 0.29) is 23.3 Å². The molecule has 2 unspecified atom stereocenters. The van der Waals surface area contributed by atoms with Crippen molar-refractivity contribution in [1.29, 1.82) is 0 Å². The number of benzene rings is 1. The summed E-state index contributed by atoms with van der Waals surface area (Å²) in [5.74, 6) is 0.0573. The second-order valence-corrected chi connectivity index (χ2v) is 7.51. The summed E-state index contributed by atoms with van der Waals surface area (Å²) in [6.45, 7) is 8.20. The largest absolute Gasteiger partial charge is 0.373 e. The average molecular weight is 318 g/mol. The summed E-state index contributed by atoms with van der Waals surface area (Å²) < 4.78 is 5.97. The van der Waals surface area contributed by atoms with Crippen LogP contribution in [0.2, 0.25) is 0 Å². The quantitative estimate of drug-likeness (QED) is 0.908. The van der Waals surface area contributed by atoms with Crippen molar-refractivity contribution < 1.29 is 9.53 Å². The van der Waals surface area contributed by atoms with Crippen LogP contribution >= 0.6 is 0 Å². The lowest BCUT2D eigenvalue weighted by molar-refractivity contribution is -0.145. The molecule has 2 N–H and O–H groups in total. The van der Waals surface area contributed by atoms with Gasteiger partial charge in [-0.2, -0.15) is 0 Å². The zero-order valence-corrected chi connectivity index (χ0v) is 14.8. The highest BCUT2D eigenvalue weighted by atomic mass is 16.5. The molecule has 4 nitrogen and oxygen atoms in total. The Morgan fingerprint density at radius 1 is 1.35 bits per heavy atom. The predicted octanol–water partition coefficient (Wildman–Crippen LogP) is 2.91. The lowest BCUT2D eigenvalue weighted by atomic mass is 9.87. The van der Waals surface area contributed by atoms with Crippen molar-refractivity contribution in [3.8, 4) is 0 Å². The molecule has 0 bridgehead atoms. The molecule has 4 heteroatoms. The van der Waals surface area contributed by atoms with Crippen molar-refractivity contribution in [2.75, 3.05) is 26.7 Å². The number of carbonyl (C=O) groups excluding carboxylic acids is 1. The lowest BCUT2D eigenvalue weighted by Crippen LogP contribution is -2.44. The van der Waals surface area contributed by atoms with E-state index in [2.05, 4.69) is 45.0 Å². The minimum atomic E-state index is -0.139. The van der Waals surface area contributed by atoms with Gasteiger partial charge in [-0.3, -0.25) is 4.79 Å². The van der Waals surface area contributed by atoms with Gasteiger partial charge in [0.05, 0.1) is 12.0 Å². The third kappa shape index (κ3) is 4.55. The fourth-order valence-electron chi connectivity index (χ4n) is 3.19. The number of hydrogen-bond donors (Lipinski definition) is 1. The summed E-state index contributed by atoms with van der Waals surface area (Å²) in [5.41, 5.74) is 8.05. The summed E-state index contributed by atoms with van der Waals surface area (Å²) in [6, 6.07) is 8.32. The zero-order chi connectivity index (χ0) is 17.0. The molecule has 1 aliphatic heterocycles. The number of ether oxygens (including phenoxy) is 1. The van der Waals surface area contributed by atoms with E-state index in [1.54, 1.807) is 0 Å². The molecule has 0 radical (unpaired) electrons. The first-order chi connectivity index (χ1) is 10.8. The molecule has 2 atom stereocenters. The third-order valence-electron chi connectivity index (χ3n) is 4.64. The molecule has 23 heavy (non-hydrogen) atoms. The van der Waals surface area contributed by atoms with Crippen molar-refractivity contribution >= 4 is 5.91 Å². The van der Waals surface area contributed by atoms with E-state index in [9.17, 15) is 4.79 Å². The van der Waals surface area contributed by atoms with Crippen molar-refractivity contribution in [3.05, 3.63) is 35.4 Å². The number of nitrogens with zero attached hydrogens (tertiary/aromatic N) is 1. The molecule has 1 amide bonds. The minimum Gasteiger partial charge on any atom is -0.373 e. The van der Waals surface area contributed by atoms with Gasteiger partial charge < -0.3 is 15.4 Å². The first kappa shape index (κ1) is 18.0. The van der Waals surface area contributed by atoms with Crippen LogP contribution in [0, 0.1) is 18.3 Å². The molecular formula is C19H30N2O2. The Hall–Kier alpha value is -1.39. The first-order valence-corrected chi connectivity index (χ1v) is 8.47. The molecule has 1 saturated heterocycles. The topological polar surface area (TPSA) is 55.6 Å². The van der Waals surface area contributed by atoms with E-state index in [0.717, 1.165) is 25.0 Å². The van der Waals surface area contributed by atoms with Gasteiger partial charge in [0.25, 0.3) is 0 Å². The van der Waals surface area contributed by atoms with Gasteiger partial charge in [0.1, 0.15) is 0 Å². The van der Waals surface area contributed by atoms with Crippen molar-refractivity contribution in [3.63, 3.8) is 0 Å². The normalized spacial score (nSPS) is 22.0. The molecule has 1 fully saturated rings. The van der Waals surface area contributed by atoms with Crippen LogP contribution in [-0.4, -0.2) is 37.6 Å². The van der Waals surface area contributed by atoms with Crippen molar-refractivity contribution in [2.24, 2.45) is 17.1 Å². The second-order valence-electron chi connectivity index (χ2n) is 7.51. The van der Waals surface area contributed by atoms with E-state index >= 15 is 0 Å². The number of carbonyl (C=O) groups is 1. The van der Waals surface area contributed by atoms with Crippen LogP contribution in [0.3, 0.4) is 0 Å². The number of rotatable bonds is 5. The fraction of sp³-hybridized carbons (Fsp3) is 0.632. The Morgan fingerprint density at radius 2 is 2.00 bits per heavy atom. The molecular weight excluding hydrogens is 288 g/mol. The van der Waals surface area contributed by atoms with Crippen LogP contribution < -0.4 is 5.73 Å². The first-order valence-electron chi connectivity index (χ1n) is 8.47. The Morgan fingerprint density at radius 3 is 2.61 bits per heavy atom. The van der Waals surface area contributed by atoms with Crippen LogP contribution in [0.5, 0.6) is 0 Å². The Labute approximate surface area is 140 Å². The van der Waals surface area contributed by atoms with Gasteiger partial charge >= 0.3 is 0 Å². The maximum Gasteiger partial charge on any atom is 0.228 e. The molecule has 1 aliphatic rings. The van der Waals surface area contributed by atoms with E-state index < -0.39 is 0 Å². The Bertz CT molecular complexity index is 525. The number of aryl methyl sites for hydroxylation is 1. The van der Waals surface area contributed by atoms with Gasteiger partial charge in [0, 0.05) is 20.2 Å². The predicted molar refractivity (Wildman–Crippen MR) is 93.1 cm³/mol. The van der Waals surface area contributed by atoms with Crippen molar-refractivity contribution in [1.82, 2.24) is 4.90 Å². The SMILES string of the molecule is Cc1ccc(C2OCCCC2C(=O)N(C)CC(C)(C)CN)cc1. The molecule has 0 aliphatic carbocycles. The van der Waals surface area contributed by atoms with E-state index in [0.29, 0.717) is 13.1 Å². The summed E-state index contributed by atoms with van der Waals surface area (Å²) in [6.07, 6.45) is 1.68. The number of nitrogens with two attached hydrogens (primary N) is 1. The van der Waals surface area contributed by atoms with E-state index in [4.69, 9.17) is 10.5 Å². The summed E-state index contributed by atoms with van der Waals surface area (Å²) >= 11 is 0. The average Bonchev–Trinajstić information content (AvgIpc) is 2.54. The molecule has 1 aromatic rings. The monoisotopic (exact) mass is 318 g/mol. The highest BCUT2D eigenvalue weighted by molar-refractivity contribution is 5.79. The van der Waals surface area contributed by atoms with E-state index in [1.807, 2.05) is 11.9 Å². The molecule has 128 valence electrons. The van der Waals surface area contributed by atoms with Gasteiger partial charge in [-0.15, -0.1) is 0 Å². The minimum absolute atomic E-state index is 0.0701. The second kappa shape index (κ2) is 7.45. The molecule has 0 aromatic heterocycles. The van der Waals surface area contributed by atoms with Gasteiger partial charge in [-0.05, 0) is 37.3 Å². The molecule has 1 heterocycles. The van der Waals surface area contributed by atoms with Gasteiger partial charge in [-0.25, -0.2) is 0 Å². The van der Waals surface area contributed by atoms with Crippen LogP contribution in [0.15, 0.2) is 24.3 Å². The van der Waals surface area contributed by atoms with Crippen LogP contribution in [0.25, 0.3) is 0 Å². The fourth-order valence-corrected chi connectivity index (χ4v) is 3.19. The smallest absolute Gasteiger partial charge is 0.228 e. The zero-order valence-electron chi connectivity index (χ0n) is 14.8. The number of hydrogen-bond acceptors (Lipinski definition) is 3. The van der Waals surface area contributed by atoms with Gasteiger partial charge in [0.2, 0.25) is 5.91 Å². The molecule has 0 saturated carbocycles. The maximum atomic E-state index is 12.9. The third-order valence-corrected chi connectivity index (χ3v) is 4.64. The Kier molecular flexibility index (Phi) is 5.82. The standard InChI is InChI=1S/C19H30N2O2/c1-14-7-9-15(10-8-14)17-16(6-5-11-23-17)18(22)21(4)13-19(2,3)12-20/h7-10,16-17H,5-6,11-13,20H2,1-4H3. The highest BCUT2D eigenvalue weighted by Gasteiger charge is 2.35. The summed E-state index contributed by atoms with van der Waals surface area (Å²) in [4.78, 5) is 14.8. The van der Waals surface area contributed by atoms with Crippen LogP contribution in [-0.2, 0) is 9.53 Å². The summed E-state index contributed by atoms with van der Waals surface area (Å²) in [7, 11) is 1.88. The van der Waals surface area contributed by atoms with Crippen LogP contribution in [0.4, 0.5) is 0 Å². The Balaban J connectivity index is 2.14. The molecule has 1 aromatic carbocycles. The lowest BCUT2D eigenvalue weighted by Gasteiger charge is -2.36. The maximum absolute atomic E-state index is 12.9. The van der Waals surface area contributed by atoms with Crippen molar-refractivity contribution in [2.45, 2.75) is 39.7 Å².